The second-order valence-electron chi connectivity index (χ2n) is 9.20. The number of rotatable bonds is 5. The summed E-state index contributed by atoms with van der Waals surface area (Å²) in [7, 11) is -2.93. The first kappa shape index (κ1) is 24.4. The van der Waals surface area contributed by atoms with Gasteiger partial charge in [-0.1, -0.05) is 0 Å². The Morgan fingerprint density at radius 1 is 1.09 bits per heavy atom. The Balaban J connectivity index is 1.81. The molecule has 0 aromatic heterocycles. The molecule has 32 heavy (non-hydrogen) atoms. The molecule has 2 unspecified atom stereocenters. The van der Waals surface area contributed by atoms with Gasteiger partial charge in [0, 0.05) is 18.2 Å². The van der Waals surface area contributed by atoms with E-state index in [9.17, 15) is 26.8 Å². The number of halogens is 2. The van der Waals surface area contributed by atoms with E-state index in [1.807, 2.05) is 0 Å². The van der Waals surface area contributed by atoms with E-state index in [1.54, 1.807) is 20.8 Å². The fourth-order valence-electron chi connectivity index (χ4n) is 4.57. The molecule has 2 aliphatic rings. The third-order valence-corrected chi connectivity index (χ3v) is 7.70. The van der Waals surface area contributed by atoms with Gasteiger partial charge in [-0.15, -0.1) is 0 Å². The average molecular weight is 475 g/mol. The zero-order valence-corrected chi connectivity index (χ0v) is 19.2. The first-order chi connectivity index (χ1) is 14.8. The van der Waals surface area contributed by atoms with E-state index in [1.165, 1.54) is 11.4 Å². The molecule has 0 aliphatic carbocycles. The Morgan fingerprint density at radius 2 is 1.62 bits per heavy atom. The molecule has 3 atom stereocenters. The van der Waals surface area contributed by atoms with Crippen molar-refractivity contribution in [2.45, 2.75) is 75.1 Å². The highest BCUT2D eigenvalue weighted by molar-refractivity contribution is 7.89. The molecule has 2 aliphatic heterocycles. The maximum atomic E-state index is 13.6. The Morgan fingerprint density at radius 3 is 2.09 bits per heavy atom. The molecule has 0 radical (unpaired) electrons. The number of nitrogens with one attached hydrogen (secondary N) is 1. The van der Waals surface area contributed by atoms with Gasteiger partial charge >= 0.3 is 12.1 Å². The number of fused-ring (bicyclic) bond motifs is 2. The number of sulfonamides is 1. The van der Waals surface area contributed by atoms with E-state index < -0.39 is 62.3 Å². The summed E-state index contributed by atoms with van der Waals surface area (Å²) in [5.74, 6) is -2.98. The molecule has 178 valence electrons. The molecular formula is C21H28F2N2O6S. The predicted octanol–water partition coefficient (Wildman–Crippen LogP) is 2.96. The topological polar surface area (TPSA) is 102 Å². The van der Waals surface area contributed by atoms with Gasteiger partial charge in [-0.2, -0.15) is 4.31 Å². The second-order valence-corrected chi connectivity index (χ2v) is 11.0. The molecule has 2 heterocycles. The quantitative estimate of drug-likeness (QED) is 0.659. The molecule has 1 amide bonds. The van der Waals surface area contributed by atoms with Crippen LogP contribution in [0.4, 0.5) is 13.6 Å². The van der Waals surface area contributed by atoms with Gasteiger partial charge in [-0.3, -0.25) is 0 Å². The Kier molecular flexibility index (Phi) is 6.80. The molecular weight excluding hydrogens is 446 g/mol. The number of hydrogen-bond acceptors (Lipinski definition) is 6. The Labute approximate surface area is 186 Å². The maximum absolute atomic E-state index is 13.6. The van der Waals surface area contributed by atoms with Gasteiger partial charge in [0.2, 0.25) is 10.0 Å². The minimum atomic E-state index is -4.14. The number of ether oxygens (including phenoxy) is 2. The third kappa shape index (κ3) is 5.20. The van der Waals surface area contributed by atoms with Gasteiger partial charge in [0.1, 0.15) is 23.3 Å². The summed E-state index contributed by atoms with van der Waals surface area (Å²) in [4.78, 5) is 24.2. The first-order valence-electron chi connectivity index (χ1n) is 10.4. The van der Waals surface area contributed by atoms with Crippen molar-refractivity contribution >= 4 is 22.1 Å². The fraction of sp³-hybridized carbons (Fsp3) is 0.619. The fourth-order valence-corrected chi connectivity index (χ4v) is 6.51. The number of amides is 1. The largest absolute Gasteiger partial charge is 0.467 e. The van der Waals surface area contributed by atoms with Crippen LogP contribution in [-0.2, 0) is 24.3 Å². The summed E-state index contributed by atoms with van der Waals surface area (Å²) >= 11 is 0. The van der Waals surface area contributed by atoms with Crippen LogP contribution in [0.15, 0.2) is 23.1 Å². The molecule has 0 saturated carbocycles. The van der Waals surface area contributed by atoms with E-state index in [-0.39, 0.29) is 18.8 Å². The number of alkyl carbamates (subject to hydrolysis) is 1. The van der Waals surface area contributed by atoms with Gasteiger partial charge < -0.3 is 14.8 Å². The highest BCUT2D eigenvalue weighted by atomic mass is 32.2. The SMILES string of the molecule is COC(=O)[C@@H](NC(=O)OC(C)(C)C)C1CC2CCC(C1)N2S(=O)(=O)c1cc(F)cc(F)c1. The lowest BCUT2D eigenvalue weighted by atomic mass is 9.86. The monoisotopic (exact) mass is 474 g/mol. The number of carbonyl (C=O) groups excluding carboxylic acids is 2. The second kappa shape index (κ2) is 8.93. The van der Waals surface area contributed by atoms with Crippen LogP contribution < -0.4 is 5.32 Å². The van der Waals surface area contributed by atoms with Crippen molar-refractivity contribution < 1.29 is 36.3 Å². The van der Waals surface area contributed by atoms with Crippen molar-refractivity contribution in [3.05, 3.63) is 29.8 Å². The normalized spacial score (nSPS) is 24.6. The summed E-state index contributed by atoms with van der Waals surface area (Å²) in [6, 6.07) is 0.263. The Bertz CT molecular complexity index is 960. The van der Waals surface area contributed by atoms with Crippen LogP contribution in [0.25, 0.3) is 0 Å². The van der Waals surface area contributed by atoms with E-state index in [4.69, 9.17) is 9.47 Å². The van der Waals surface area contributed by atoms with Crippen molar-refractivity contribution in [1.82, 2.24) is 9.62 Å². The molecule has 8 nitrogen and oxygen atoms in total. The lowest BCUT2D eigenvalue weighted by Gasteiger charge is -2.40. The van der Waals surface area contributed by atoms with Crippen molar-refractivity contribution in [2.24, 2.45) is 5.92 Å². The molecule has 2 bridgehead atoms. The van der Waals surface area contributed by atoms with Crippen molar-refractivity contribution in [1.29, 1.82) is 0 Å². The lowest BCUT2D eigenvalue weighted by molar-refractivity contribution is -0.145. The Hall–Kier alpha value is -2.27. The summed E-state index contributed by atoms with van der Waals surface area (Å²) in [5, 5.41) is 2.56. The molecule has 0 spiro atoms. The van der Waals surface area contributed by atoms with E-state index >= 15 is 0 Å². The zero-order valence-electron chi connectivity index (χ0n) is 18.4. The van der Waals surface area contributed by atoms with Gasteiger partial charge in [-0.05, 0) is 64.5 Å². The van der Waals surface area contributed by atoms with Crippen molar-refractivity contribution in [3.63, 3.8) is 0 Å². The average Bonchev–Trinajstić information content (AvgIpc) is 2.94. The standard InChI is InChI=1S/C21H28F2N2O6S/c1-21(2,3)31-20(27)24-18(19(26)30-4)12-7-15-5-6-16(8-12)25(15)32(28,29)17-10-13(22)9-14(23)11-17/h9-12,15-16,18H,5-8H2,1-4H3,(H,24,27)/t12?,15?,16?,18-/m0/s1. The molecule has 2 saturated heterocycles. The molecule has 1 aromatic rings. The van der Waals surface area contributed by atoms with Gasteiger partial charge in [-0.25, -0.2) is 26.8 Å². The molecule has 1 N–H and O–H groups in total. The number of nitrogens with zero attached hydrogens (tertiary/aromatic N) is 1. The molecule has 2 fully saturated rings. The van der Waals surface area contributed by atoms with Gasteiger partial charge in [0.15, 0.2) is 0 Å². The van der Waals surface area contributed by atoms with Crippen molar-refractivity contribution in [3.8, 4) is 0 Å². The first-order valence-corrected chi connectivity index (χ1v) is 11.8. The van der Waals surface area contributed by atoms with Crippen LogP contribution in [0.2, 0.25) is 0 Å². The number of benzene rings is 1. The number of carbonyl (C=O) groups is 2. The smallest absolute Gasteiger partial charge is 0.408 e. The lowest BCUT2D eigenvalue weighted by Crippen LogP contribution is -2.54. The summed E-state index contributed by atoms with van der Waals surface area (Å²) in [5.41, 5.74) is -0.762. The van der Waals surface area contributed by atoms with Gasteiger partial charge in [0.05, 0.1) is 12.0 Å². The van der Waals surface area contributed by atoms with Crippen LogP contribution >= 0.6 is 0 Å². The summed E-state index contributed by atoms with van der Waals surface area (Å²) in [6.07, 6.45) is 0.869. The van der Waals surface area contributed by atoms with E-state index in [0.717, 1.165) is 12.1 Å². The zero-order chi connectivity index (χ0) is 23.8. The third-order valence-electron chi connectivity index (χ3n) is 5.71. The highest BCUT2D eigenvalue weighted by Crippen LogP contribution is 2.43. The van der Waals surface area contributed by atoms with E-state index in [2.05, 4.69) is 5.32 Å². The number of piperidine rings is 1. The van der Waals surface area contributed by atoms with Crippen molar-refractivity contribution in [2.75, 3.05) is 7.11 Å². The van der Waals surface area contributed by atoms with Gasteiger partial charge in [0.25, 0.3) is 0 Å². The number of hydrogen-bond donors (Lipinski definition) is 1. The number of esters is 1. The molecule has 1 aromatic carbocycles. The van der Waals surface area contributed by atoms with Crippen LogP contribution in [-0.4, -0.2) is 55.6 Å². The highest BCUT2D eigenvalue weighted by Gasteiger charge is 2.50. The van der Waals surface area contributed by atoms with Crippen LogP contribution in [0.5, 0.6) is 0 Å². The van der Waals surface area contributed by atoms with E-state index in [0.29, 0.717) is 18.9 Å². The maximum Gasteiger partial charge on any atom is 0.408 e. The minimum absolute atomic E-state index is 0.281. The van der Waals surface area contributed by atoms with Crippen LogP contribution in [0.1, 0.15) is 46.5 Å². The summed E-state index contributed by atoms with van der Waals surface area (Å²) in [6.45, 7) is 5.08. The molecule has 3 rings (SSSR count). The van der Waals surface area contributed by atoms with Crippen LogP contribution in [0, 0.1) is 17.6 Å². The number of methoxy groups -OCH3 is 1. The summed E-state index contributed by atoms with van der Waals surface area (Å²) < 4.78 is 65.0. The molecule has 11 heteroatoms. The van der Waals surface area contributed by atoms with Crippen LogP contribution in [0.3, 0.4) is 0 Å². The predicted molar refractivity (Wildman–Crippen MR) is 110 cm³/mol. The minimum Gasteiger partial charge on any atom is -0.467 e.